The maximum absolute atomic E-state index is 13.4. The summed E-state index contributed by atoms with van der Waals surface area (Å²) in [6, 6.07) is 19.0. The van der Waals surface area contributed by atoms with Crippen LogP contribution < -0.4 is 9.64 Å². The number of amides is 1. The number of halogens is 1. The smallest absolute Gasteiger partial charge is 0.301 e. The summed E-state index contributed by atoms with van der Waals surface area (Å²) in [5.41, 5.74) is 2.83. The van der Waals surface area contributed by atoms with Crippen LogP contribution in [0.1, 0.15) is 29.7 Å². The molecule has 1 fully saturated rings. The van der Waals surface area contributed by atoms with E-state index in [1.54, 1.807) is 30.3 Å². The van der Waals surface area contributed by atoms with Crippen LogP contribution in [0.15, 0.2) is 72.3 Å². The second kappa shape index (κ2) is 8.22. The molecule has 0 unspecified atom stereocenters. The average molecular weight is 503 g/mol. The lowest BCUT2D eigenvalue weighted by atomic mass is 9.94. The number of aromatic nitrogens is 1. The minimum atomic E-state index is -0.823. The molecular weight excluding hydrogens is 484 g/mol. The molecule has 8 heteroatoms. The molecule has 3 aromatic carbocycles. The van der Waals surface area contributed by atoms with Crippen molar-refractivity contribution in [2.24, 2.45) is 0 Å². The monoisotopic (exact) mass is 502 g/mol. The van der Waals surface area contributed by atoms with Crippen LogP contribution in [0.5, 0.6) is 5.75 Å². The molecule has 1 saturated heterocycles. The van der Waals surface area contributed by atoms with Gasteiger partial charge in [-0.15, -0.1) is 0 Å². The van der Waals surface area contributed by atoms with Crippen molar-refractivity contribution in [3.05, 3.63) is 94.0 Å². The number of nitrogens with zero attached hydrogens (tertiary/aromatic N) is 2. The van der Waals surface area contributed by atoms with Gasteiger partial charge in [-0.05, 0) is 54.4 Å². The number of hydrogen-bond donors (Lipinski definition) is 1. The Morgan fingerprint density at radius 1 is 1.11 bits per heavy atom. The zero-order valence-corrected chi connectivity index (χ0v) is 20.1. The van der Waals surface area contributed by atoms with E-state index in [1.165, 1.54) is 16.2 Å². The van der Waals surface area contributed by atoms with Gasteiger partial charge in [-0.2, -0.15) is 0 Å². The molecule has 0 saturated carbocycles. The quantitative estimate of drug-likeness (QED) is 0.214. The van der Waals surface area contributed by atoms with E-state index >= 15 is 0 Å². The van der Waals surface area contributed by atoms with Crippen LogP contribution in [-0.2, 0) is 16.0 Å². The van der Waals surface area contributed by atoms with Crippen molar-refractivity contribution in [1.29, 1.82) is 0 Å². The van der Waals surface area contributed by atoms with E-state index in [9.17, 15) is 14.7 Å². The Morgan fingerprint density at radius 3 is 2.71 bits per heavy atom. The van der Waals surface area contributed by atoms with E-state index in [1.807, 2.05) is 43.3 Å². The van der Waals surface area contributed by atoms with E-state index < -0.39 is 17.7 Å². The third kappa shape index (κ3) is 3.59. The summed E-state index contributed by atoms with van der Waals surface area (Å²) in [5.74, 6) is -0.934. The summed E-state index contributed by atoms with van der Waals surface area (Å²) in [7, 11) is 0. The molecule has 6 nitrogen and oxygen atoms in total. The van der Waals surface area contributed by atoms with E-state index in [-0.39, 0.29) is 17.4 Å². The number of anilines is 1. The van der Waals surface area contributed by atoms with Crippen molar-refractivity contribution in [3.8, 4) is 5.75 Å². The first-order chi connectivity index (χ1) is 16.9. The van der Waals surface area contributed by atoms with Crippen molar-refractivity contribution in [2.45, 2.75) is 25.5 Å². The molecule has 2 aliphatic rings. The first-order valence-corrected chi connectivity index (χ1v) is 12.3. The fraction of sp³-hybridized carbons (Fsp3) is 0.148. The summed E-state index contributed by atoms with van der Waals surface area (Å²) in [6.07, 6.45) is 0.756. The van der Waals surface area contributed by atoms with Crippen LogP contribution in [-0.4, -0.2) is 27.9 Å². The molecule has 0 radical (unpaired) electrons. The molecule has 1 amide bonds. The van der Waals surface area contributed by atoms with Gasteiger partial charge < -0.3 is 9.84 Å². The molecule has 1 aromatic heterocycles. The summed E-state index contributed by atoms with van der Waals surface area (Å²) in [4.78, 5) is 32.7. The van der Waals surface area contributed by atoms with Crippen LogP contribution >= 0.6 is 22.9 Å². The third-order valence-corrected chi connectivity index (χ3v) is 7.53. The zero-order chi connectivity index (χ0) is 24.3. The maximum Gasteiger partial charge on any atom is 0.301 e. The number of aliphatic hydroxyl groups is 1. The van der Waals surface area contributed by atoms with Crippen molar-refractivity contribution in [1.82, 2.24) is 4.98 Å². The summed E-state index contributed by atoms with van der Waals surface area (Å²) >= 11 is 7.42. The Hall–Kier alpha value is -3.68. The molecule has 2 aliphatic heterocycles. The topological polar surface area (TPSA) is 79.7 Å². The number of ether oxygens (including phenoxy) is 1. The number of fused-ring (bicyclic) bond motifs is 2. The summed E-state index contributed by atoms with van der Waals surface area (Å²) < 4.78 is 6.56. The molecule has 4 aromatic rings. The highest BCUT2D eigenvalue weighted by molar-refractivity contribution is 7.22. The van der Waals surface area contributed by atoms with Gasteiger partial charge >= 0.3 is 5.91 Å². The molecule has 1 N–H and O–H groups in total. The highest BCUT2D eigenvalue weighted by Crippen LogP contribution is 2.45. The normalized spacial score (nSPS) is 20.9. The highest BCUT2D eigenvalue weighted by atomic mass is 35.5. The minimum absolute atomic E-state index is 0.0328. The fourth-order valence-corrected chi connectivity index (χ4v) is 5.96. The van der Waals surface area contributed by atoms with Gasteiger partial charge in [0, 0.05) is 17.0 Å². The lowest BCUT2D eigenvalue weighted by Gasteiger charge is -2.23. The Kier molecular flexibility index (Phi) is 5.12. The number of Topliss-reactive ketones (excluding diaryl/α,β-unsaturated/α-hetero) is 1. The van der Waals surface area contributed by atoms with Crippen LogP contribution in [0.3, 0.4) is 0 Å². The molecule has 6 rings (SSSR count). The Morgan fingerprint density at radius 2 is 1.91 bits per heavy atom. The molecule has 3 heterocycles. The molecule has 35 heavy (non-hydrogen) atoms. The Balaban J connectivity index is 1.53. The van der Waals surface area contributed by atoms with Gasteiger partial charge in [-0.1, -0.05) is 53.3 Å². The van der Waals surface area contributed by atoms with Gasteiger partial charge in [0.1, 0.15) is 17.6 Å². The fourth-order valence-electron chi connectivity index (χ4n) is 4.69. The van der Waals surface area contributed by atoms with Gasteiger partial charge in [0.25, 0.3) is 5.78 Å². The van der Waals surface area contributed by atoms with Gasteiger partial charge in [0.15, 0.2) is 5.13 Å². The van der Waals surface area contributed by atoms with Gasteiger partial charge in [0.2, 0.25) is 0 Å². The molecule has 2 atom stereocenters. The maximum atomic E-state index is 13.4. The van der Waals surface area contributed by atoms with Gasteiger partial charge in [-0.3, -0.25) is 14.5 Å². The number of thiazole rings is 1. The van der Waals surface area contributed by atoms with Crippen LogP contribution in [0.2, 0.25) is 5.02 Å². The second-order valence-corrected chi connectivity index (χ2v) is 10.1. The van der Waals surface area contributed by atoms with Gasteiger partial charge in [0.05, 0.1) is 21.8 Å². The lowest BCUT2D eigenvalue weighted by Crippen LogP contribution is -2.29. The number of benzene rings is 3. The Labute approximate surface area is 210 Å². The van der Waals surface area contributed by atoms with Crippen LogP contribution in [0.4, 0.5) is 5.13 Å². The molecular formula is C27H19ClN2O4S. The Bertz CT molecular complexity index is 1550. The van der Waals surface area contributed by atoms with Crippen LogP contribution in [0, 0.1) is 0 Å². The van der Waals surface area contributed by atoms with Crippen molar-refractivity contribution < 1.29 is 19.4 Å². The molecule has 0 spiro atoms. The van der Waals surface area contributed by atoms with Gasteiger partial charge in [-0.25, -0.2) is 4.98 Å². The second-order valence-electron chi connectivity index (χ2n) is 8.64. The molecule has 0 aliphatic carbocycles. The van der Waals surface area contributed by atoms with E-state index in [0.29, 0.717) is 33.2 Å². The lowest BCUT2D eigenvalue weighted by molar-refractivity contribution is -0.132. The van der Waals surface area contributed by atoms with Crippen LogP contribution in [0.25, 0.3) is 16.0 Å². The first-order valence-electron chi connectivity index (χ1n) is 11.1. The number of aliphatic hydroxyl groups excluding tert-OH is 1. The minimum Gasteiger partial charge on any atom is -0.507 e. The van der Waals surface area contributed by atoms with E-state index in [0.717, 1.165) is 16.0 Å². The standard InChI is InChI=1S/C27H19ClN2O4S/c1-14-11-17-12-16(7-10-20(17)34-14)24(31)22-23(15-5-3-2-4-6-15)30(26(33)25(22)32)27-29-19-9-8-18(28)13-21(19)35-27/h2-10,12-14,23,31H,11H2,1H3/b24-22+/t14-,23+/m1/s1. The molecule has 0 bridgehead atoms. The predicted octanol–water partition coefficient (Wildman–Crippen LogP) is 5.90. The number of rotatable bonds is 3. The number of carbonyl (C=O) groups is 2. The average Bonchev–Trinajstić information content (AvgIpc) is 3.51. The summed E-state index contributed by atoms with van der Waals surface area (Å²) in [5, 5.41) is 12.3. The zero-order valence-electron chi connectivity index (χ0n) is 18.6. The third-order valence-electron chi connectivity index (χ3n) is 6.27. The molecule has 174 valence electrons. The predicted molar refractivity (Wildman–Crippen MR) is 136 cm³/mol. The largest absolute Gasteiger partial charge is 0.507 e. The SMILES string of the molecule is C[C@@H]1Cc2cc(/C(O)=C3\C(=O)C(=O)N(c4nc5ccc(Cl)cc5s4)[C@H]3c3ccccc3)ccc2O1. The van der Waals surface area contributed by atoms with Crippen molar-refractivity contribution >= 4 is 55.7 Å². The van der Waals surface area contributed by atoms with Crippen molar-refractivity contribution in [2.75, 3.05) is 4.90 Å². The number of hydrogen-bond acceptors (Lipinski definition) is 6. The van der Waals surface area contributed by atoms with E-state index in [4.69, 9.17) is 16.3 Å². The van der Waals surface area contributed by atoms with Crippen molar-refractivity contribution in [3.63, 3.8) is 0 Å². The number of carbonyl (C=O) groups excluding carboxylic acids is 2. The number of ketones is 1. The highest BCUT2D eigenvalue weighted by Gasteiger charge is 2.48. The summed E-state index contributed by atoms with van der Waals surface area (Å²) in [6.45, 7) is 1.98. The first kappa shape index (κ1) is 21.8. The van der Waals surface area contributed by atoms with E-state index in [2.05, 4.69) is 4.98 Å².